The normalized spacial score (nSPS) is 18.5. The molecule has 1 fully saturated rings. The first kappa shape index (κ1) is 29.4. The summed E-state index contributed by atoms with van der Waals surface area (Å²) in [6.45, 7) is 3.62. The van der Waals surface area contributed by atoms with Crippen LogP contribution in [0.3, 0.4) is 0 Å². The van der Waals surface area contributed by atoms with Gasteiger partial charge in [-0.15, -0.1) is 0 Å². The van der Waals surface area contributed by atoms with Crippen molar-refractivity contribution in [1.29, 1.82) is 0 Å². The number of thiazole rings is 1. The second kappa shape index (κ2) is 12.4. The summed E-state index contributed by atoms with van der Waals surface area (Å²) in [6, 6.07) is 13.9. The van der Waals surface area contributed by atoms with Gasteiger partial charge in [-0.3, -0.25) is 9.36 Å². The van der Waals surface area contributed by atoms with E-state index >= 15 is 0 Å². The summed E-state index contributed by atoms with van der Waals surface area (Å²) in [5.74, 6) is -1.05. The summed E-state index contributed by atoms with van der Waals surface area (Å²) in [6.07, 6.45) is -0.961. The van der Waals surface area contributed by atoms with Gasteiger partial charge in [0.25, 0.3) is 5.95 Å². The molecule has 0 amide bonds. The number of hydrogen-bond acceptors (Lipinski definition) is 10. The van der Waals surface area contributed by atoms with Crippen LogP contribution < -0.4 is 4.87 Å². The third-order valence-electron chi connectivity index (χ3n) is 6.49. The van der Waals surface area contributed by atoms with E-state index < -0.39 is 30.4 Å². The maximum atomic E-state index is 13.2. The molecular formula is C29H28ClN5O6S. The average molecular weight is 610 g/mol. The minimum Gasteiger partial charge on any atom is -0.459 e. The van der Waals surface area contributed by atoms with Gasteiger partial charge in [-0.2, -0.15) is 9.97 Å². The van der Waals surface area contributed by atoms with Crippen LogP contribution in [0.25, 0.3) is 10.3 Å². The molecule has 42 heavy (non-hydrogen) atoms. The van der Waals surface area contributed by atoms with E-state index in [1.807, 2.05) is 38.1 Å². The molecule has 0 unspecified atom stereocenters. The number of ether oxygens (including phenoxy) is 3. The first-order valence-electron chi connectivity index (χ1n) is 13.0. The summed E-state index contributed by atoms with van der Waals surface area (Å²) in [4.78, 5) is 53.0. The monoisotopic (exact) mass is 609 g/mol. The van der Waals surface area contributed by atoms with E-state index in [0.717, 1.165) is 22.5 Å². The van der Waals surface area contributed by atoms with E-state index in [9.17, 15) is 14.4 Å². The second-order valence-electron chi connectivity index (χ2n) is 10.1. The van der Waals surface area contributed by atoms with Gasteiger partial charge in [-0.25, -0.2) is 14.6 Å². The third-order valence-corrected chi connectivity index (χ3v) is 7.83. The SMILES string of the molecule is Cc1ccc(C(=O)OC[C@H]2O[C@@H](n3c(=O)sc4c(Cl)nc(N=CN(C)C)nc43)C[C@@H]2OC(=O)c2ccc(C)cc2)cc1. The van der Waals surface area contributed by atoms with Crippen molar-refractivity contribution in [2.75, 3.05) is 20.7 Å². The van der Waals surface area contributed by atoms with E-state index in [4.69, 9.17) is 25.8 Å². The summed E-state index contributed by atoms with van der Waals surface area (Å²) >= 11 is 7.25. The van der Waals surface area contributed by atoms with Crippen molar-refractivity contribution in [3.63, 3.8) is 0 Å². The van der Waals surface area contributed by atoms with Crippen LogP contribution in [0, 0.1) is 13.8 Å². The molecule has 0 N–H and O–H groups in total. The van der Waals surface area contributed by atoms with Gasteiger partial charge in [0.1, 0.15) is 29.7 Å². The van der Waals surface area contributed by atoms with Gasteiger partial charge in [-0.05, 0) is 38.1 Å². The standard InChI is InChI=1S/C29H28ClN5O6S/c1-16-5-9-18(10-6-16)26(36)39-14-21-20(41-27(37)19-11-7-17(2)8-12-19)13-22(40-21)35-25-23(42-29(35)38)24(30)32-28(33-25)31-15-34(3)4/h5-12,15,20-22H,13-14H2,1-4H3/t20-,21+,22+/m0/s1. The highest BCUT2D eigenvalue weighted by atomic mass is 35.5. The topological polar surface area (TPSA) is 125 Å². The molecule has 0 saturated carbocycles. The van der Waals surface area contributed by atoms with Crippen molar-refractivity contribution in [2.45, 2.75) is 38.7 Å². The van der Waals surface area contributed by atoms with Crippen LogP contribution in [-0.2, 0) is 14.2 Å². The van der Waals surface area contributed by atoms with E-state index in [1.54, 1.807) is 43.3 Å². The lowest BCUT2D eigenvalue weighted by molar-refractivity contribution is -0.0567. The molecule has 0 aliphatic carbocycles. The Kier molecular flexibility index (Phi) is 8.66. The third kappa shape index (κ3) is 6.51. The van der Waals surface area contributed by atoms with Gasteiger partial charge in [0, 0.05) is 20.5 Å². The van der Waals surface area contributed by atoms with E-state index in [-0.39, 0.29) is 34.6 Å². The molecule has 0 spiro atoms. The summed E-state index contributed by atoms with van der Waals surface area (Å²) in [5, 5.41) is 0.0793. The number of carbonyl (C=O) groups excluding carboxylic acids is 2. The predicted molar refractivity (Wildman–Crippen MR) is 159 cm³/mol. The van der Waals surface area contributed by atoms with Gasteiger partial charge in [0.15, 0.2) is 10.8 Å². The number of hydrogen-bond donors (Lipinski definition) is 0. The molecule has 4 aromatic rings. The molecule has 1 aliphatic heterocycles. The second-order valence-corrected chi connectivity index (χ2v) is 11.4. The number of fused-ring (bicyclic) bond motifs is 1. The number of rotatable bonds is 8. The Morgan fingerprint density at radius 1 is 1.07 bits per heavy atom. The van der Waals surface area contributed by atoms with E-state index in [0.29, 0.717) is 15.8 Å². The molecule has 11 nitrogen and oxygen atoms in total. The molecule has 5 rings (SSSR count). The molecule has 1 aliphatic rings. The quantitative estimate of drug-likeness (QED) is 0.121. The highest BCUT2D eigenvalue weighted by molar-refractivity contribution is 7.17. The highest BCUT2D eigenvalue weighted by Gasteiger charge is 2.41. The van der Waals surface area contributed by atoms with Crippen molar-refractivity contribution in [3.8, 4) is 0 Å². The lowest BCUT2D eigenvalue weighted by atomic mass is 10.1. The zero-order valence-corrected chi connectivity index (χ0v) is 24.9. The molecule has 218 valence electrons. The molecule has 0 radical (unpaired) electrons. The first-order chi connectivity index (χ1) is 20.1. The van der Waals surface area contributed by atoms with Crippen molar-refractivity contribution < 1.29 is 23.8 Å². The number of carbonyl (C=O) groups is 2. The number of esters is 2. The molecule has 2 aromatic heterocycles. The molecule has 0 bridgehead atoms. The van der Waals surface area contributed by atoms with Crippen LogP contribution in [0.15, 0.2) is 58.3 Å². The Labute approximate surface area is 250 Å². The van der Waals surface area contributed by atoms with Crippen LogP contribution in [0.2, 0.25) is 5.15 Å². The van der Waals surface area contributed by atoms with Crippen molar-refractivity contribution in [1.82, 2.24) is 19.4 Å². The summed E-state index contributed by atoms with van der Waals surface area (Å²) in [7, 11) is 3.58. The Morgan fingerprint density at radius 3 is 2.31 bits per heavy atom. The maximum absolute atomic E-state index is 13.2. The van der Waals surface area contributed by atoms with E-state index in [2.05, 4.69) is 15.0 Å². The summed E-state index contributed by atoms with van der Waals surface area (Å²) < 4.78 is 19.3. The van der Waals surface area contributed by atoms with E-state index in [1.165, 1.54) is 10.9 Å². The number of nitrogens with zero attached hydrogens (tertiary/aromatic N) is 5. The fourth-order valence-corrected chi connectivity index (χ4v) is 5.43. The number of aliphatic imine (C=N–C) groups is 1. The van der Waals surface area contributed by atoms with Crippen LogP contribution in [0.1, 0.15) is 44.5 Å². The van der Waals surface area contributed by atoms with Gasteiger partial charge in [-0.1, -0.05) is 58.3 Å². The van der Waals surface area contributed by atoms with Gasteiger partial charge in [0.05, 0.1) is 17.5 Å². The van der Waals surface area contributed by atoms with Crippen LogP contribution in [0.4, 0.5) is 5.95 Å². The Balaban J connectivity index is 1.43. The lowest BCUT2D eigenvalue weighted by Crippen LogP contribution is -2.32. The van der Waals surface area contributed by atoms with Crippen LogP contribution in [0.5, 0.6) is 0 Å². The van der Waals surface area contributed by atoms with Crippen molar-refractivity contribution in [2.24, 2.45) is 4.99 Å². The Bertz CT molecular complexity index is 1700. The Morgan fingerprint density at radius 2 is 1.69 bits per heavy atom. The molecule has 3 atom stereocenters. The molecule has 2 aromatic carbocycles. The maximum Gasteiger partial charge on any atom is 0.338 e. The molecular weight excluding hydrogens is 582 g/mol. The smallest absolute Gasteiger partial charge is 0.338 e. The van der Waals surface area contributed by atoms with Gasteiger partial charge < -0.3 is 19.1 Å². The number of benzene rings is 2. The van der Waals surface area contributed by atoms with Crippen LogP contribution >= 0.6 is 22.9 Å². The summed E-state index contributed by atoms with van der Waals surface area (Å²) in [5.41, 5.74) is 2.97. The first-order valence-corrected chi connectivity index (χ1v) is 14.2. The lowest BCUT2D eigenvalue weighted by Gasteiger charge is -2.19. The van der Waals surface area contributed by atoms with Crippen molar-refractivity contribution >= 4 is 57.5 Å². The fraction of sp³-hybridized carbons (Fsp3) is 0.310. The molecule has 1 saturated heterocycles. The number of aromatic nitrogens is 3. The fourth-order valence-electron chi connectivity index (χ4n) is 4.31. The highest BCUT2D eigenvalue weighted by Crippen LogP contribution is 2.35. The minimum atomic E-state index is -0.887. The largest absolute Gasteiger partial charge is 0.459 e. The van der Waals surface area contributed by atoms with Crippen LogP contribution in [-0.4, -0.2) is 70.6 Å². The molecule has 13 heteroatoms. The predicted octanol–water partition coefficient (Wildman–Crippen LogP) is 4.71. The van der Waals surface area contributed by atoms with Gasteiger partial charge >= 0.3 is 16.8 Å². The Hall–Kier alpha value is -4.13. The number of aryl methyl sites for hydroxylation is 2. The average Bonchev–Trinajstić information content (AvgIpc) is 3.50. The minimum absolute atomic E-state index is 0.0664. The number of halogens is 1. The zero-order chi connectivity index (χ0) is 30.0. The molecule has 3 heterocycles. The van der Waals surface area contributed by atoms with Gasteiger partial charge in [0.2, 0.25) is 0 Å². The zero-order valence-electron chi connectivity index (χ0n) is 23.3. The van der Waals surface area contributed by atoms with Crippen molar-refractivity contribution in [3.05, 3.63) is 85.6 Å².